The van der Waals surface area contributed by atoms with Gasteiger partial charge in [-0.05, 0) is 30.7 Å². The van der Waals surface area contributed by atoms with E-state index in [1.54, 1.807) is 17.1 Å². The zero-order chi connectivity index (χ0) is 32.1. The summed E-state index contributed by atoms with van der Waals surface area (Å²) in [6.45, 7) is 6.69. The van der Waals surface area contributed by atoms with Crippen LogP contribution in [0.1, 0.15) is 70.9 Å². The summed E-state index contributed by atoms with van der Waals surface area (Å²) in [5.41, 5.74) is -0.637. The van der Waals surface area contributed by atoms with Gasteiger partial charge in [-0.25, -0.2) is 0 Å². The van der Waals surface area contributed by atoms with Gasteiger partial charge in [0, 0.05) is 19.5 Å². The smallest absolute Gasteiger partial charge is 0.306 e. The first-order valence-corrected chi connectivity index (χ1v) is 16.5. The Morgan fingerprint density at radius 1 is 1.07 bits per heavy atom. The number of amides is 3. The van der Waals surface area contributed by atoms with Crippen molar-refractivity contribution in [2.45, 2.75) is 89.1 Å². The number of aliphatic hydroxyl groups is 1. The Morgan fingerprint density at radius 3 is 2.56 bits per heavy atom. The number of carbonyl (C=O) groups is 4. The average molecular weight is 622 g/mol. The van der Waals surface area contributed by atoms with Crippen LogP contribution in [-0.2, 0) is 28.7 Å². The third-order valence-electron chi connectivity index (χ3n) is 9.47. The fourth-order valence-electron chi connectivity index (χ4n) is 7.39. The van der Waals surface area contributed by atoms with E-state index in [0.717, 1.165) is 24.8 Å². The molecule has 2 saturated heterocycles. The van der Waals surface area contributed by atoms with Crippen molar-refractivity contribution in [2.24, 2.45) is 17.8 Å². The fraction of sp³-hybridized carbons (Fsp3) is 0.600. The Morgan fingerprint density at radius 2 is 1.84 bits per heavy atom. The van der Waals surface area contributed by atoms with Crippen LogP contribution in [0.4, 0.5) is 0 Å². The predicted octanol–water partition coefficient (Wildman–Crippen LogP) is 3.31. The number of allylic oxidation sites excluding steroid dienone is 1. The molecule has 0 aliphatic carbocycles. The summed E-state index contributed by atoms with van der Waals surface area (Å²) < 4.78 is 12.3. The van der Waals surface area contributed by atoms with E-state index in [1.807, 2.05) is 56.3 Å². The highest BCUT2D eigenvalue weighted by Gasteiger charge is 2.72. The van der Waals surface area contributed by atoms with E-state index >= 15 is 0 Å². The second kappa shape index (κ2) is 14.3. The molecule has 1 spiro atoms. The SMILES string of the molecule is CCCCCN1CC=C[C@@]23O[C@H]4/C=C\CCC(=O)OC[C@H](c5ccccc5)NC(=O)[C@H]4[C@@H]2C(=O)N([C@@H](CO)CC(C)C)[C@H]3C1=O. The van der Waals surface area contributed by atoms with Gasteiger partial charge in [-0.15, -0.1) is 0 Å². The van der Waals surface area contributed by atoms with E-state index < -0.39 is 47.6 Å². The van der Waals surface area contributed by atoms with Gasteiger partial charge in [0.05, 0.1) is 36.6 Å². The van der Waals surface area contributed by atoms with Gasteiger partial charge in [0.2, 0.25) is 17.7 Å². The van der Waals surface area contributed by atoms with E-state index in [1.165, 1.54) is 4.90 Å². The van der Waals surface area contributed by atoms with Crippen LogP contribution in [0.2, 0.25) is 0 Å². The number of hydrogen-bond acceptors (Lipinski definition) is 7. The molecule has 7 atom stereocenters. The number of fused-ring (bicyclic) bond motifs is 2. The number of unbranched alkanes of at least 4 members (excludes halogenated alkanes) is 2. The first-order chi connectivity index (χ1) is 21.7. The highest BCUT2D eigenvalue weighted by atomic mass is 16.5. The van der Waals surface area contributed by atoms with Crippen molar-refractivity contribution >= 4 is 23.7 Å². The molecule has 5 rings (SSSR count). The van der Waals surface area contributed by atoms with Crippen LogP contribution in [0.3, 0.4) is 0 Å². The molecular weight excluding hydrogens is 574 g/mol. The van der Waals surface area contributed by atoms with Crippen LogP contribution in [0.25, 0.3) is 0 Å². The van der Waals surface area contributed by atoms with Crippen molar-refractivity contribution in [3.63, 3.8) is 0 Å². The van der Waals surface area contributed by atoms with Gasteiger partial charge in [0.15, 0.2) is 0 Å². The summed E-state index contributed by atoms with van der Waals surface area (Å²) >= 11 is 0. The zero-order valence-electron chi connectivity index (χ0n) is 26.6. The lowest BCUT2D eigenvalue weighted by molar-refractivity contribution is -0.151. The number of hydrogen-bond donors (Lipinski definition) is 2. The third kappa shape index (κ3) is 6.58. The summed E-state index contributed by atoms with van der Waals surface area (Å²) in [6.07, 6.45) is 10.3. The minimum Gasteiger partial charge on any atom is -0.463 e. The standard InChI is InChI=1S/C35H47N3O7/c1-4-5-11-18-37-19-12-17-35-30(33(42)38(31(35)34(37)43)25(21-39)20-23(2)3)29-27(45-35)15-9-10-16-28(40)44-22-26(36-32(29)41)24-13-7-6-8-14-24/h6-9,12-15,17,23,25-27,29-31,39H,4-5,10-11,16,18-22H2,1-3H3,(H,36,41)/b15-9-/t25-,26-,27+,29-,30-,31+,35-/m1/s1. The zero-order valence-corrected chi connectivity index (χ0v) is 26.6. The first kappa shape index (κ1) is 32.9. The molecule has 10 nitrogen and oxygen atoms in total. The molecule has 1 aromatic rings. The van der Waals surface area contributed by atoms with Crippen molar-refractivity contribution in [1.82, 2.24) is 15.1 Å². The summed E-state index contributed by atoms with van der Waals surface area (Å²) in [5.74, 6) is -3.17. The van der Waals surface area contributed by atoms with Crippen molar-refractivity contribution in [2.75, 3.05) is 26.3 Å². The molecule has 4 aliphatic heterocycles. The maximum Gasteiger partial charge on any atom is 0.306 e. The number of nitrogens with one attached hydrogen (secondary N) is 1. The number of ether oxygens (including phenoxy) is 2. The van der Waals surface area contributed by atoms with Gasteiger partial charge in [0.25, 0.3) is 0 Å². The number of nitrogens with zero attached hydrogens (tertiary/aromatic N) is 2. The molecule has 2 N–H and O–H groups in total. The van der Waals surface area contributed by atoms with Gasteiger partial charge >= 0.3 is 5.97 Å². The fourth-order valence-corrected chi connectivity index (χ4v) is 7.39. The molecule has 0 bridgehead atoms. The molecule has 0 aromatic heterocycles. The Labute approximate surface area is 265 Å². The lowest BCUT2D eigenvalue weighted by Crippen LogP contribution is -2.58. The quantitative estimate of drug-likeness (QED) is 0.246. The molecule has 0 saturated carbocycles. The van der Waals surface area contributed by atoms with Gasteiger partial charge in [-0.2, -0.15) is 0 Å². The topological polar surface area (TPSA) is 125 Å². The minimum atomic E-state index is -1.40. The van der Waals surface area contributed by atoms with Crippen LogP contribution in [0.15, 0.2) is 54.6 Å². The molecule has 45 heavy (non-hydrogen) atoms. The van der Waals surface area contributed by atoms with E-state index in [-0.39, 0.29) is 43.3 Å². The number of cyclic esters (lactones) is 1. The number of aliphatic hydroxyl groups excluding tert-OH is 1. The molecular formula is C35H47N3O7. The average Bonchev–Trinajstić information content (AvgIpc) is 3.42. The largest absolute Gasteiger partial charge is 0.463 e. The van der Waals surface area contributed by atoms with Crippen LogP contribution in [-0.4, -0.2) is 88.7 Å². The van der Waals surface area contributed by atoms with Crippen molar-refractivity contribution in [1.29, 1.82) is 0 Å². The summed E-state index contributed by atoms with van der Waals surface area (Å²) in [6, 6.07) is 6.99. The highest BCUT2D eigenvalue weighted by Crippen LogP contribution is 2.53. The van der Waals surface area contributed by atoms with Gasteiger partial charge in [-0.1, -0.05) is 88.2 Å². The molecule has 3 amide bonds. The monoisotopic (exact) mass is 621 g/mol. The van der Waals surface area contributed by atoms with E-state index in [9.17, 15) is 24.3 Å². The molecule has 0 radical (unpaired) electrons. The van der Waals surface area contributed by atoms with E-state index in [0.29, 0.717) is 25.9 Å². The van der Waals surface area contributed by atoms with Gasteiger partial charge in [-0.3, -0.25) is 19.2 Å². The Kier molecular flexibility index (Phi) is 10.4. The summed E-state index contributed by atoms with van der Waals surface area (Å²) in [7, 11) is 0. The van der Waals surface area contributed by atoms with Crippen LogP contribution in [0.5, 0.6) is 0 Å². The van der Waals surface area contributed by atoms with Crippen LogP contribution < -0.4 is 5.32 Å². The predicted molar refractivity (Wildman–Crippen MR) is 167 cm³/mol. The number of esters is 1. The molecule has 0 unspecified atom stereocenters. The number of carbonyl (C=O) groups excluding carboxylic acids is 4. The normalized spacial score (nSPS) is 31.7. The van der Waals surface area contributed by atoms with Crippen molar-refractivity contribution in [3.05, 3.63) is 60.2 Å². The lowest BCUT2D eigenvalue weighted by Gasteiger charge is -2.39. The minimum absolute atomic E-state index is 0.0544. The van der Waals surface area contributed by atoms with Gasteiger partial charge in [0.1, 0.15) is 18.2 Å². The number of benzene rings is 1. The van der Waals surface area contributed by atoms with Crippen LogP contribution >= 0.6 is 0 Å². The van der Waals surface area contributed by atoms with Gasteiger partial charge < -0.3 is 29.7 Å². The van der Waals surface area contributed by atoms with Crippen LogP contribution in [0, 0.1) is 17.8 Å². The number of likely N-dealkylation sites (tertiary alicyclic amines) is 1. The van der Waals surface area contributed by atoms with E-state index in [2.05, 4.69) is 12.2 Å². The maximum atomic E-state index is 14.7. The Bertz CT molecular complexity index is 1300. The molecule has 10 heteroatoms. The molecule has 244 valence electrons. The highest BCUT2D eigenvalue weighted by molar-refractivity contribution is 6.00. The number of rotatable bonds is 9. The molecule has 4 aliphatic rings. The second-order valence-corrected chi connectivity index (χ2v) is 13.1. The lowest BCUT2D eigenvalue weighted by atomic mass is 9.77. The van der Waals surface area contributed by atoms with Crippen molar-refractivity contribution in [3.8, 4) is 0 Å². The molecule has 2 fully saturated rings. The second-order valence-electron chi connectivity index (χ2n) is 13.1. The maximum absolute atomic E-state index is 14.7. The molecule has 1 aromatic carbocycles. The summed E-state index contributed by atoms with van der Waals surface area (Å²) in [5, 5.41) is 13.6. The first-order valence-electron chi connectivity index (χ1n) is 16.5. The summed E-state index contributed by atoms with van der Waals surface area (Å²) in [4.78, 5) is 59.3. The Hall–Kier alpha value is -3.50. The van der Waals surface area contributed by atoms with Crippen molar-refractivity contribution < 1.29 is 33.8 Å². The third-order valence-corrected chi connectivity index (χ3v) is 9.47. The van der Waals surface area contributed by atoms with E-state index in [4.69, 9.17) is 9.47 Å². The Balaban J connectivity index is 1.59. The molecule has 4 heterocycles.